The van der Waals surface area contributed by atoms with Crippen LogP contribution in [0.4, 0.5) is 0 Å². The molecule has 1 N–H and O–H groups in total. The Morgan fingerprint density at radius 3 is 2.47 bits per heavy atom. The molecule has 1 nitrogen and oxygen atoms in total. The predicted molar refractivity (Wildman–Crippen MR) is 128 cm³/mol. The molecule has 8 atom stereocenters. The Morgan fingerprint density at radius 1 is 1.07 bits per heavy atom. The van der Waals surface area contributed by atoms with Gasteiger partial charge in [-0.1, -0.05) is 50.5 Å². The van der Waals surface area contributed by atoms with Crippen molar-refractivity contribution in [1.29, 1.82) is 0 Å². The van der Waals surface area contributed by atoms with E-state index in [2.05, 4.69) is 47.6 Å². The first kappa shape index (κ1) is 22.6. The van der Waals surface area contributed by atoms with Gasteiger partial charge in [0, 0.05) is 0 Å². The highest BCUT2D eigenvalue weighted by molar-refractivity contribution is 5.27. The summed E-state index contributed by atoms with van der Waals surface area (Å²) in [5.74, 6) is 4.09. The average molecular weight is 413 g/mol. The third kappa shape index (κ3) is 3.66. The molecule has 0 aromatic carbocycles. The van der Waals surface area contributed by atoms with Crippen molar-refractivity contribution in [3.63, 3.8) is 0 Å². The summed E-state index contributed by atoms with van der Waals surface area (Å²) < 4.78 is 0. The van der Waals surface area contributed by atoms with Crippen LogP contribution in [0.25, 0.3) is 0 Å². The van der Waals surface area contributed by atoms with Gasteiger partial charge >= 0.3 is 0 Å². The van der Waals surface area contributed by atoms with Crippen LogP contribution in [0.3, 0.4) is 0 Å². The van der Waals surface area contributed by atoms with E-state index in [-0.39, 0.29) is 6.10 Å². The molecule has 0 bridgehead atoms. The summed E-state index contributed by atoms with van der Waals surface area (Å²) in [6, 6.07) is 0. The Labute approximate surface area is 186 Å². The molecule has 3 fully saturated rings. The second-order valence-corrected chi connectivity index (χ2v) is 12.4. The van der Waals surface area contributed by atoms with Crippen LogP contribution >= 0.6 is 0 Å². The van der Waals surface area contributed by atoms with Crippen molar-refractivity contribution in [2.24, 2.45) is 40.4 Å². The number of aliphatic hydroxyl groups is 1. The molecule has 0 spiro atoms. The molecule has 4 aliphatic carbocycles. The maximum atomic E-state index is 10.3. The minimum Gasteiger partial charge on any atom is -0.393 e. The molecule has 30 heavy (non-hydrogen) atoms. The fraction of sp³-hybridized carbons (Fsp3) is 0.862. The van der Waals surface area contributed by atoms with Crippen LogP contribution in [-0.2, 0) is 0 Å². The van der Waals surface area contributed by atoms with E-state index >= 15 is 0 Å². The van der Waals surface area contributed by atoms with Gasteiger partial charge in [0.1, 0.15) is 0 Å². The zero-order chi connectivity index (χ0) is 21.7. The van der Waals surface area contributed by atoms with E-state index < -0.39 is 0 Å². The van der Waals surface area contributed by atoms with Crippen LogP contribution in [-0.4, -0.2) is 11.2 Å². The molecular formula is C29H48O. The fourth-order valence-corrected chi connectivity index (χ4v) is 8.85. The van der Waals surface area contributed by atoms with E-state index in [1.807, 2.05) is 5.57 Å². The number of hydrogen-bond donors (Lipinski definition) is 1. The summed E-state index contributed by atoms with van der Waals surface area (Å²) in [6.45, 7) is 14.7. The Balaban J connectivity index is 1.50. The number of fused-ring (bicyclic) bond motifs is 5. The smallest absolute Gasteiger partial charge is 0.0543 e. The number of rotatable bonds is 5. The topological polar surface area (TPSA) is 20.2 Å². The van der Waals surface area contributed by atoms with Crippen molar-refractivity contribution in [2.45, 2.75) is 118 Å². The highest BCUT2D eigenvalue weighted by Gasteiger charge is 2.58. The molecule has 0 aromatic rings. The third-order valence-electron chi connectivity index (χ3n) is 10.8. The first-order chi connectivity index (χ1) is 14.2. The van der Waals surface area contributed by atoms with E-state index in [0.29, 0.717) is 16.7 Å². The van der Waals surface area contributed by atoms with Gasteiger partial charge in [-0.3, -0.25) is 0 Å². The van der Waals surface area contributed by atoms with Crippen LogP contribution in [0.15, 0.2) is 22.8 Å². The number of allylic oxidation sites excluding steroid dienone is 4. The van der Waals surface area contributed by atoms with Crippen LogP contribution in [0.1, 0.15) is 112 Å². The Bertz CT molecular complexity index is 697. The Kier molecular flexibility index (Phi) is 6.35. The second-order valence-electron chi connectivity index (χ2n) is 12.4. The zero-order valence-electron chi connectivity index (χ0n) is 20.8. The molecule has 1 heteroatoms. The molecule has 0 aromatic heterocycles. The van der Waals surface area contributed by atoms with Crippen molar-refractivity contribution in [3.05, 3.63) is 22.8 Å². The lowest BCUT2D eigenvalue weighted by Gasteiger charge is -2.57. The predicted octanol–water partition coefficient (Wildman–Crippen LogP) is 8.09. The van der Waals surface area contributed by atoms with Gasteiger partial charge in [0.2, 0.25) is 0 Å². The standard InChI is InChI=1S/C29H48O/c1-7-21(19(2)3)9-8-20(4)25-12-13-26-24-11-10-22-18-23(30)14-16-28(22,5)27(24)15-17-29(25,26)6/h11,20,22-23,25-27,30H,7-10,12-18H2,1-6H3/t20-,22+,23-,25+,26+,27-,28-,29+/m1/s1. The lowest BCUT2D eigenvalue weighted by Crippen LogP contribution is -2.49. The van der Waals surface area contributed by atoms with Gasteiger partial charge in [0.05, 0.1) is 6.10 Å². The van der Waals surface area contributed by atoms with E-state index in [1.54, 1.807) is 11.1 Å². The largest absolute Gasteiger partial charge is 0.393 e. The van der Waals surface area contributed by atoms with Gasteiger partial charge in [-0.05, 0) is 125 Å². The lowest BCUT2D eigenvalue weighted by molar-refractivity contribution is -0.0427. The molecule has 170 valence electrons. The number of hydrogen-bond acceptors (Lipinski definition) is 1. The Morgan fingerprint density at radius 2 is 1.77 bits per heavy atom. The van der Waals surface area contributed by atoms with Gasteiger partial charge in [0.15, 0.2) is 0 Å². The summed E-state index contributed by atoms with van der Waals surface area (Å²) in [7, 11) is 0. The zero-order valence-corrected chi connectivity index (χ0v) is 20.8. The van der Waals surface area contributed by atoms with Gasteiger partial charge in [-0.15, -0.1) is 0 Å². The maximum absolute atomic E-state index is 10.3. The molecule has 0 heterocycles. The SMILES string of the molecule is CCC(CC[C@@H](C)[C@@H]1CC[C@H]2C3=CC[C@H]4C[C@H](O)CC[C@@]4(C)[C@@H]3CC[C@]21C)=C(C)C. The highest BCUT2D eigenvalue weighted by atomic mass is 16.3. The number of aliphatic hydroxyl groups excluding tert-OH is 1. The molecule has 0 aliphatic heterocycles. The van der Waals surface area contributed by atoms with E-state index in [0.717, 1.165) is 36.5 Å². The van der Waals surface area contributed by atoms with Gasteiger partial charge < -0.3 is 5.11 Å². The highest BCUT2D eigenvalue weighted by Crippen LogP contribution is 2.67. The van der Waals surface area contributed by atoms with E-state index in [9.17, 15) is 5.11 Å². The second kappa shape index (κ2) is 8.42. The first-order valence-electron chi connectivity index (χ1n) is 13.2. The van der Waals surface area contributed by atoms with Crippen LogP contribution in [0.5, 0.6) is 0 Å². The van der Waals surface area contributed by atoms with Gasteiger partial charge in [-0.2, -0.15) is 0 Å². The van der Waals surface area contributed by atoms with Crippen LogP contribution in [0.2, 0.25) is 0 Å². The van der Waals surface area contributed by atoms with Crippen molar-refractivity contribution in [2.75, 3.05) is 0 Å². The monoisotopic (exact) mass is 412 g/mol. The molecule has 0 amide bonds. The van der Waals surface area contributed by atoms with Crippen molar-refractivity contribution in [1.82, 2.24) is 0 Å². The molecular weight excluding hydrogens is 364 g/mol. The van der Waals surface area contributed by atoms with Gasteiger partial charge in [-0.25, -0.2) is 0 Å². The van der Waals surface area contributed by atoms with E-state index in [1.165, 1.54) is 57.8 Å². The van der Waals surface area contributed by atoms with Crippen LogP contribution in [0, 0.1) is 40.4 Å². The van der Waals surface area contributed by atoms with Crippen molar-refractivity contribution >= 4 is 0 Å². The maximum Gasteiger partial charge on any atom is 0.0543 e. The third-order valence-corrected chi connectivity index (χ3v) is 10.8. The average Bonchev–Trinajstić information content (AvgIpc) is 3.06. The first-order valence-corrected chi connectivity index (χ1v) is 13.2. The van der Waals surface area contributed by atoms with Crippen molar-refractivity contribution in [3.8, 4) is 0 Å². The molecule has 0 radical (unpaired) electrons. The molecule has 3 saturated carbocycles. The Hall–Kier alpha value is -0.560. The summed E-state index contributed by atoms with van der Waals surface area (Å²) in [5, 5.41) is 10.3. The lowest BCUT2D eigenvalue weighted by atomic mass is 9.47. The fourth-order valence-electron chi connectivity index (χ4n) is 8.85. The minimum atomic E-state index is -0.0441. The van der Waals surface area contributed by atoms with Crippen molar-refractivity contribution < 1.29 is 5.11 Å². The summed E-state index contributed by atoms with van der Waals surface area (Å²) in [5.41, 5.74) is 6.09. The molecule has 0 saturated heterocycles. The molecule has 4 aliphatic rings. The molecule has 4 rings (SSSR count). The summed E-state index contributed by atoms with van der Waals surface area (Å²) >= 11 is 0. The van der Waals surface area contributed by atoms with Crippen LogP contribution < -0.4 is 0 Å². The van der Waals surface area contributed by atoms with E-state index in [4.69, 9.17) is 0 Å². The summed E-state index contributed by atoms with van der Waals surface area (Å²) in [4.78, 5) is 0. The van der Waals surface area contributed by atoms with Gasteiger partial charge in [0.25, 0.3) is 0 Å². The summed E-state index contributed by atoms with van der Waals surface area (Å²) in [6.07, 6.45) is 16.8. The quantitative estimate of drug-likeness (QED) is 0.452. The molecule has 0 unspecified atom stereocenters. The normalized spacial score (nSPS) is 43.8. The minimum absolute atomic E-state index is 0.0441.